The first-order chi connectivity index (χ1) is 9.79. The van der Waals surface area contributed by atoms with Crippen molar-refractivity contribution in [2.24, 2.45) is 5.92 Å². The van der Waals surface area contributed by atoms with Gasteiger partial charge in [-0.05, 0) is 31.4 Å². The minimum absolute atomic E-state index is 0.533. The zero-order valence-electron chi connectivity index (χ0n) is 11.6. The third-order valence-corrected chi connectivity index (χ3v) is 3.50. The van der Waals surface area contributed by atoms with Crippen LogP contribution in [0.2, 0.25) is 0 Å². The molecule has 106 valence electrons. The lowest BCUT2D eigenvalue weighted by Gasteiger charge is -2.03. The number of nitrogens with zero attached hydrogens (tertiary/aromatic N) is 2. The maximum atomic E-state index is 5.35. The molecule has 1 unspecified atom stereocenters. The lowest BCUT2D eigenvalue weighted by atomic mass is 10.1. The highest BCUT2D eigenvalue weighted by molar-refractivity contribution is 5.44. The quantitative estimate of drug-likeness (QED) is 0.907. The lowest BCUT2D eigenvalue weighted by Crippen LogP contribution is -2.05. The highest BCUT2D eigenvalue weighted by Gasteiger charge is 2.18. The fraction of sp³-hybridized carbons (Fsp3) is 0.467. The monoisotopic (exact) mass is 273 g/mol. The van der Waals surface area contributed by atoms with E-state index in [1.165, 1.54) is 5.56 Å². The average molecular weight is 273 g/mol. The zero-order valence-corrected chi connectivity index (χ0v) is 11.6. The molecular formula is C15H19N3O2. The van der Waals surface area contributed by atoms with Crippen LogP contribution in [-0.4, -0.2) is 23.4 Å². The Morgan fingerprint density at radius 3 is 2.90 bits per heavy atom. The van der Waals surface area contributed by atoms with E-state index in [1.807, 2.05) is 12.1 Å². The van der Waals surface area contributed by atoms with Gasteiger partial charge >= 0.3 is 0 Å². The number of anilines is 1. The molecule has 2 aromatic rings. The van der Waals surface area contributed by atoms with E-state index in [0.29, 0.717) is 18.4 Å². The molecule has 1 aromatic heterocycles. The lowest BCUT2D eigenvalue weighted by molar-refractivity contribution is 0.185. The highest BCUT2D eigenvalue weighted by Crippen LogP contribution is 2.17. The van der Waals surface area contributed by atoms with Gasteiger partial charge < -0.3 is 14.6 Å². The minimum Gasteiger partial charge on any atom is -0.381 e. The van der Waals surface area contributed by atoms with Gasteiger partial charge in [0, 0.05) is 25.3 Å². The van der Waals surface area contributed by atoms with Crippen molar-refractivity contribution in [1.29, 1.82) is 0 Å². The molecule has 3 rings (SSSR count). The van der Waals surface area contributed by atoms with Crippen LogP contribution in [0, 0.1) is 12.8 Å². The van der Waals surface area contributed by atoms with Crippen molar-refractivity contribution in [3.63, 3.8) is 0 Å². The third-order valence-electron chi connectivity index (χ3n) is 3.50. The molecule has 0 amide bonds. The van der Waals surface area contributed by atoms with Crippen molar-refractivity contribution in [2.75, 3.05) is 18.5 Å². The Morgan fingerprint density at radius 2 is 2.15 bits per heavy atom. The zero-order chi connectivity index (χ0) is 13.8. The number of aryl methyl sites for hydroxylation is 1. The van der Waals surface area contributed by atoms with Crippen molar-refractivity contribution in [2.45, 2.75) is 26.3 Å². The van der Waals surface area contributed by atoms with E-state index in [1.54, 1.807) is 0 Å². The Labute approximate surface area is 118 Å². The van der Waals surface area contributed by atoms with Gasteiger partial charge in [-0.2, -0.15) is 4.98 Å². The molecule has 1 N–H and O–H groups in total. The van der Waals surface area contributed by atoms with Crippen LogP contribution >= 0.6 is 0 Å². The Balaban J connectivity index is 1.52. The molecule has 5 heteroatoms. The van der Waals surface area contributed by atoms with Gasteiger partial charge in [-0.15, -0.1) is 0 Å². The number of ether oxygens (including phenoxy) is 1. The molecule has 0 spiro atoms. The van der Waals surface area contributed by atoms with Gasteiger partial charge in [-0.25, -0.2) is 0 Å². The van der Waals surface area contributed by atoms with Crippen molar-refractivity contribution in [3.8, 4) is 0 Å². The first-order valence-electron chi connectivity index (χ1n) is 6.99. The molecule has 0 aliphatic carbocycles. The van der Waals surface area contributed by atoms with Crippen LogP contribution < -0.4 is 5.32 Å². The molecule has 1 fully saturated rings. The predicted molar refractivity (Wildman–Crippen MR) is 75.4 cm³/mol. The summed E-state index contributed by atoms with van der Waals surface area (Å²) in [5, 5.41) is 7.30. The number of rotatable bonds is 5. The first kappa shape index (κ1) is 13.1. The summed E-state index contributed by atoms with van der Waals surface area (Å²) in [6.45, 7) is 4.29. The summed E-state index contributed by atoms with van der Waals surface area (Å²) >= 11 is 0. The van der Waals surface area contributed by atoms with Gasteiger partial charge in [0.05, 0.1) is 6.54 Å². The fourth-order valence-electron chi connectivity index (χ4n) is 2.30. The van der Waals surface area contributed by atoms with Gasteiger partial charge in [-0.3, -0.25) is 0 Å². The maximum Gasteiger partial charge on any atom is 0.245 e. The smallest absolute Gasteiger partial charge is 0.245 e. The standard InChI is InChI=1S/C15H19N3O2/c1-11-2-4-13(5-3-11)16-9-15-17-14(18-20-15)8-12-6-7-19-10-12/h2-5,12,16H,6-10H2,1H3. The number of hydrogen-bond donors (Lipinski definition) is 1. The Kier molecular flexibility index (Phi) is 3.97. The molecule has 1 aliphatic rings. The summed E-state index contributed by atoms with van der Waals surface area (Å²) in [7, 11) is 0. The summed E-state index contributed by atoms with van der Waals surface area (Å²) < 4.78 is 10.6. The van der Waals surface area contributed by atoms with Crippen LogP contribution in [-0.2, 0) is 17.7 Å². The summed E-state index contributed by atoms with van der Waals surface area (Å²) in [5.74, 6) is 1.94. The van der Waals surface area contributed by atoms with Crippen LogP contribution in [0.3, 0.4) is 0 Å². The van der Waals surface area contributed by atoms with Crippen molar-refractivity contribution in [1.82, 2.24) is 10.1 Å². The van der Waals surface area contributed by atoms with E-state index >= 15 is 0 Å². The number of hydrogen-bond acceptors (Lipinski definition) is 5. The molecule has 2 heterocycles. The van der Waals surface area contributed by atoms with Crippen LogP contribution in [0.1, 0.15) is 23.7 Å². The van der Waals surface area contributed by atoms with E-state index < -0.39 is 0 Å². The maximum absolute atomic E-state index is 5.35. The van der Waals surface area contributed by atoms with Crippen molar-refractivity contribution >= 4 is 5.69 Å². The third kappa shape index (κ3) is 3.36. The van der Waals surface area contributed by atoms with E-state index in [0.717, 1.165) is 37.6 Å². The number of benzene rings is 1. The second kappa shape index (κ2) is 6.05. The minimum atomic E-state index is 0.533. The Morgan fingerprint density at radius 1 is 1.30 bits per heavy atom. The van der Waals surface area contributed by atoms with Crippen LogP contribution in [0.5, 0.6) is 0 Å². The van der Waals surface area contributed by atoms with Gasteiger partial charge in [-0.1, -0.05) is 22.9 Å². The second-order valence-corrected chi connectivity index (χ2v) is 5.26. The Hall–Kier alpha value is -1.88. The summed E-state index contributed by atoms with van der Waals surface area (Å²) in [5.41, 5.74) is 2.30. The van der Waals surface area contributed by atoms with Crippen LogP contribution in [0.25, 0.3) is 0 Å². The predicted octanol–water partition coefficient (Wildman–Crippen LogP) is 2.57. The van der Waals surface area contributed by atoms with Gasteiger partial charge in [0.2, 0.25) is 5.89 Å². The highest BCUT2D eigenvalue weighted by atomic mass is 16.5. The molecule has 1 aromatic carbocycles. The second-order valence-electron chi connectivity index (χ2n) is 5.26. The van der Waals surface area contributed by atoms with Crippen LogP contribution in [0.15, 0.2) is 28.8 Å². The van der Waals surface area contributed by atoms with E-state index in [9.17, 15) is 0 Å². The topological polar surface area (TPSA) is 60.2 Å². The largest absolute Gasteiger partial charge is 0.381 e. The summed E-state index contributed by atoms with van der Waals surface area (Å²) in [4.78, 5) is 4.41. The molecule has 1 saturated heterocycles. The molecular weight excluding hydrogens is 254 g/mol. The Bertz CT molecular complexity index is 545. The summed E-state index contributed by atoms with van der Waals surface area (Å²) in [6, 6.07) is 8.23. The number of nitrogens with one attached hydrogen (secondary N) is 1. The molecule has 0 radical (unpaired) electrons. The van der Waals surface area contributed by atoms with Gasteiger partial charge in [0.15, 0.2) is 5.82 Å². The first-order valence-corrected chi connectivity index (χ1v) is 6.99. The fourth-order valence-corrected chi connectivity index (χ4v) is 2.30. The van der Waals surface area contributed by atoms with Crippen LogP contribution in [0.4, 0.5) is 5.69 Å². The van der Waals surface area contributed by atoms with E-state index in [-0.39, 0.29) is 0 Å². The summed E-state index contributed by atoms with van der Waals surface area (Å²) in [6.07, 6.45) is 1.93. The molecule has 1 aliphatic heterocycles. The average Bonchev–Trinajstić information content (AvgIpc) is 3.11. The van der Waals surface area contributed by atoms with Crippen molar-refractivity contribution < 1.29 is 9.26 Å². The van der Waals surface area contributed by atoms with Gasteiger partial charge in [0.25, 0.3) is 0 Å². The van der Waals surface area contributed by atoms with Gasteiger partial charge in [0.1, 0.15) is 0 Å². The van der Waals surface area contributed by atoms with E-state index in [4.69, 9.17) is 9.26 Å². The molecule has 0 bridgehead atoms. The number of aromatic nitrogens is 2. The SMILES string of the molecule is Cc1ccc(NCc2nc(CC3CCOC3)no2)cc1. The molecule has 1 atom stereocenters. The van der Waals surface area contributed by atoms with E-state index in [2.05, 4.69) is 34.5 Å². The normalized spacial score (nSPS) is 18.4. The molecule has 5 nitrogen and oxygen atoms in total. The van der Waals surface area contributed by atoms with Crippen molar-refractivity contribution in [3.05, 3.63) is 41.5 Å². The molecule has 20 heavy (non-hydrogen) atoms. The molecule has 0 saturated carbocycles.